The summed E-state index contributed by atoms with van der Waals surface area (Å²) in [5.41, 5.74) is 8.25. The number of carbonyl (C=O) groups excluding carboxylic acids is 2. The van der Waals surface area contributed by atoms with Crippen molar-refractivity contribution in [2.24, 2.45) is 5.73 Å². The Bertz CT molecular complexity index is 836. The van der Waals surface area contributed by atoms with Gasteiger partial charge in [-0.2, -0.15) is 0 Å². The van der Waals surface area contributed by atoms with E-state index in [9.17, 15) is 14.4 Å². The lowest BCUT2D eigenvalue weighted by atomic mass is 10.0. The average Bonchev–Trinajstić information content (AvgIpc) is 2.66. The van der Waals surface area contributed by atoms with Crippen LogP contribution in [0.25, 0.3) is 11.1 Å². The first-order valence-corrected chi connectivity index (χ1v) is 8.92. The highest BCUT2D eigenvalue weighted by molar-refractivity contribution is 5.90. The molecule has 6 N–H and O–H groups in total. The lowest BCUT2D eigenvalue weighted by Gasteiger charge is -2.13. The highest BCUT2D eigenvalue weighted by atomic mass is 16.4. The number of hydrogen-bond acceptors (Lipinski definition) is 3. The largest absolute Gasteiger partial charge is 0.480 e. The van der Waals surface area contributed by atoms with Crippen LogP contribution in [0.5, 0.6) is 0 Å². The minimum atomic E-state index is -1.15. The Labute approximate surface area is 163 Å². The lowest BCUT2D eigenvalue weighted by Crippen LogP contribution is -2.44. The van der Waals surface area contributed by atoms with Gasteiger partial charge in [0.05, 0.1) is 0 Å². The van der Waals surface area contributed by atoms with Gasteiger partial charge in [-0.05, 0) is 35.2 Å². The third-order valence-corrected chi connectivity index (χ3v) is 4.00. The molecule has 2 aromatic carbocycles. The molecule has 0 heterocycles. The summed E-state index contributed by atoms with van der Waals surface area (Å²) in [5, 5.41) is 16.9. The Balaban J connectivity index is 2.08. The number of aliphatic carboxylic acids is 1. The zero-order chi connectivity index (χ0) is 20.5. The zero-order valence-corrected chi connectivity index (χ0v) is 15.6. The van der Waals surface area contributed by atoms with Gasteiger partial charge in [0.2, 0.25) is 0 Å². The van der Waals surface area contributed by atoms with E-state index in [2.05, 4.69) is 16.0 Å². The highest BCUT2D eigenvalue weighted by Crippen LogP contribution is 2.23. The molecule has 0 fully saturated rings. The van der Waals surface area contributed by atoms with Crippen LogP contribution in [0.2, 0.25) is 0 Å². The van der Waals surface area contributed by atoms with E-state index in [4.69, 9.17) is 10.8 Å². The molecule has 0 radical (unpaired) electrons. The van der Waals surface area contributed by atoms with Crippen molar-refractivity contribution in [2.75, 3.05) is 11.9 Å². The molecule has 0 aliphatic heterocycles. The number of anilines is 1. The fraction of sp³-hybridized carbons (Fsp3) is 0.250. The summed E-state index contributed by atoms with van der Waals surface area (Å²) < 4.78 is 0. The molecule has 0 spiro atoms. The molecule has 8 nitrogen and oxygen atoms in total. The summed E-state index contributed by atoms with van der Waals surface area (Å²) in [6.45, 7) is 2.59. The minimum absolute atomic E-state index is 0.123. The molecule has 2 aromatic rings. The van der Waals surface area contributed by atoms with Gasteiger partial charge in [0.25, 0.3) is 0 Å². The lowest BCUT2D eigenvalue weighted by molar-refractivity contribution is -0.139. The SMILES string of the molecule is CCCNC(=O)Nc1cccc(-c2ccc(C[C@H](NC(N)=O)C(=O)O)cc2)c1. The average molecular weight is 384 g/mol. The molecule has 0 saturated carbocycles. The molecular weight excluding hydrogens is 360 g/mol. The second-order valence-corrected chi connectivity index (χ2v) is 6.26. The molecule has 8 heteroatoms. The normalized spacial score (nSPS) is 11.3. The number of urea groups is 2. The fourth-order valence-corrected chi connectivity index (χ4v) is 2.63. The standard InChI is InChI=1S/C20H24N4O4/c1-2-10-22-20(28)23-16-5-3-4-15(12-16)14-8-6-13(7-9-14)11-17(18(25)26)24-19(21)27/h3-9,12,17H,2,10-11H2,1H3,(H,25,26)(H3,21,24,27)(H2,22,23,28)/t17-/m0/s1. The van der Waals surface area contributed by atoms with Crippen LogP contribution in [0.1, 0.15) is 18.9 Å². The number of carboxylic acids is 1. The number of hydrogen-bond donors (Lipinski definition) is 5. The molecule has 0 aliphatic carbocycles. The Morgan fingerprint density at radius 1 is 1.07 bits per heavy atom. The molecule has 28 heavy (non-hydrogen) atoms. The molecule has 148 valence electrons. The first-order chi connectivity index (χ1) is 13.4. The minimum Gasteiger partial charge on any atom is -0.480 e. The predicted octanol–water partition coefficient (Wildman–Crippen LogP) is 2.55. The van der Waals surface area contributed by atoms with Crippen molar-refractivity contribution in [3.63, 3.8) is 0 Å². The monoisotopic (exact) mass is 384 g/mol. The van der Waals surface area contributed by atoms with Crippen LogP contribution < -0.4 is 21.7 Å². The van der Waals surface area contributed by atoms with Crippen LogP contribution in [-0.4, -0.2) is 35.7 Å². The molecule has 2 rings (SSSR count). The number of rotatable bonds is 8. The van der Waals surface area contributed by atoms with Gasteiger partial charge in [0.15, 0.2) is 0 Å². The zero-order valence-electron chi connectivity index (χ0n) is 15.6. The molecule has 0 bridgehead atoms. The maximum atomic E-state index is 11.8. The third-order valence-electron chi connectivity index (χ3n) is 4.00. The van der Waals surface area contributed by atoms with Crippen molar-refractivity contribution in [3.8, 4) is 11.1 Å². The highest BCUT2D eigenvalue weighted by Gasteiger charge is 2.19. The van der Waals surface area contributed by atoms with Gasteiger partial charge in [-0.25, -0.2) is 14.4 Å². The van der Waals surface area contributed by atoms with Crippen molar-refractivity contribution >= 4 is 23.7 Å². The van der Waals surface area contributed by atoms with Crippen LogP contribution in [0.4, 0.5) is 15.3 Å². The number of primary amides is 1. The Morgan fingerprint density at radius 2 is 1.79 bits per heavy atom. The van der Waals surface area contributed by atoms with Gasteiger partial charge in [-0.15, -0.1) is 0 Å². The Kier molecular flexibility index (Phi) is 7.38. The van der Waals surface area contributed by atoms with Crippen LogP contribution in [0.15, 0.2) is 48.5 Å². The van der Waals surface area contributed by atoms with Gasteiger partial charge < -0.3 is 26.8 Å². The fourth-order valence-electron chi connectivity index (χ4n) is 2.63. The molecule has 4 amide bonds. The van der Waals surface area contributed by atoms with Crippen molar-refractivity contribution in [3.05, 3.63) is 54.1 Å². The third kappa shape index (κ3) is 6.31. The maximum absolute atomic E-state index is 11.8. The number of benzene rings is 2. The number of nitrogens with one attached hydrogen (secondary N) is 3. The number of nitrogens with two attached hydrogens (primary N) is 1. The van der Waals surface area contributed by atoms with Crippen molar-refractivity contribution in [1.29, 1.82) is 0 Å². The molecule has 0 aliphatic rings. The Morgan fingerprint density at radius 3 is 2.39 bits per heavy atom. The Hall–Kier alpha value is -3.55. The van der Waals surface area contributed by atoms with Gasteiger partial charge in [-0.1, -0.05) is 43.3 Å². The van der Waals surface area contributed by atoms with E-state index in [1.165, 1.54) is 0 Å². The maximum Gasteiger partial charge on any atom is 0.326 e. The molecule has 0 saturated heterocycles. The molecule has 1 atom stereocenters. The topological polar surface area (TPSA) is 134 Å². The molecular formula is C20H24N4O4. The smallest absolute Gasteiger partial charge is 0.326 e. The summed E-state index contributed by atoms with van der Waals surface area (Å²) in [6, 6.07) is 12.5. The van der Waals surface area contributed by atoms with E-state index in [0.29, 0.717) is 12.2 Å². The van der Waals surface area contributed by atoms with E-state index in [-0.39, 0.29) is 12.5 Å². The number of amides is 4. The second-order valence-electron chi connectivity index (χ2n) is 6.26. The quantitative estimate of drug-likeness (QED) is 0.478. The van der Waals surface area contributed by atoms with E-state index in [1.54, 1.807) is 18.2 Å². The second kappa shape index (κ2) is 9.96. The van der Waals surface area contributed by atoms with E-state index in [0.717, 1.165) is 23.1 Å². The van der Waals surface area contributed by atoms with E-state index >= 15 is 0 Å². The van der Waals surface area contributed by atoms with Crippen molar-refractivity contribution in [2.45, 2.75) is 25.8 Å². The van der Waals surface area contributed by atoms with Gasteiger partial charge >= 0.3 is 18.0 Å². The van der Waals surface area contributed by atoms with Crippen molar-refractivity contribution < 1.29 is 19.5 Å². The van der Waals surface area contributed by atoms with Crippen LogP contribution in [0, 0.1) is 0 Å². The number of carbonyl (C=O) groups is 3. The number of carboxylic acid groups (broad SMARTS) is 1. The van der Waals surface area contributed by atoms with Gasteiger partial charge in [0.1, 0.15) is 6.04 Å². The van der Waals surface area contributed by atoms with E-state index < -0.39 is 18.0 Å². The summed E-state index contributed by atoms with van der Waals surface area (Å²) in [6.07, 6.45) is 0.981. The summed E-state index contributed by atoms with van der Waals surface area (Å²) in [5.74, 6) is -1.15. The first kappa shape index (κ1) is 20.8. The first-order valence-electron chi connectivity index (χ1n) is 8.92. The van der Waals surface area contributed by atoms with E-state index in [1.807, 2.05) is 37.3 Å². The van der Waals surface area contributed by atoms with Crippen molar-refractivity contribution in [1.82, 2.24) is 10.6 Å². The van der Waals surface area contributed by atoms with Crippen LogP contribution in [-0.2, 0) is 11.2 Å². The van der Waals surface area contributed by atoms with Crippen LogP contribution >= 0.6 is 0 Å². The molecule has 0 aromatic heterocycles. The van der Waals surface area contributed by atoms with Gasteiger partial charge in [0, 0.05) is 18.7 Å². The summed E-state index contributed by atoms with van der Waals surface area (Å²) >= 11 is 0. The molecule has 0 unspecified atom stereocenters. The van der Waals surface area contributed by atoms with Gasteiger partial charge in [-0.3, -0.25) is 0 Å². The predicted molar refractivity (Wildman–Crippen MR) is 107 cm³/mol. The summed E-state index contributed by atoms with van der Waals surface area (Å²) in [4.78, 5) is 33.9. The van der Waals surface area contributed by atoms with Crippen LogP contribution in [0.3, 0.4) is 0 Å². The summed E-state index contributed by atoms with van der Waals surface area (Å²) in [7, 11) is 0.